The maximum Gasteiger partial charge on any atom is 0.262 e. The third kappa shape index (κ3) is 3.29. The van der Waals surface area contributed by atoms with E-state index >= 15 is 0 Å². The number of nitrogens with one attached hydrogen (secondary N) is 2. The van der Waals surface area contributed by atoms with Gasteiger partial charge in [0.05, 0.1) is 5.39 Å². The minimum Gasteiger partial charge on any atom is -0.326 e. The van der Waals surface area contributed by atoms with Gasteiger partial charge in [0.25, 0.3) is 5.56 Å². The van der Waals surface area contributed by atoms with Crippen LogP contribution >= 0.6 is 0 Å². The average Bonchev–Trinajstić information content (AvgIpc) is 2.65. The van der Waals surface area contributed by atoms with Crippen LogP contribution in [0.4, 0.5) is 16.0 Å². The van der Waals surface area contributed by atoms with Crippen LogP contribution in [-0.2, 0) is 0 Å². The van der Waals surface area contributed by atoms with Crippen LogP contribution in [0.25, 0.3) is 22.2 Å². The summed E-state index contributed by atoms with van der Waals surface area (Å²) in [7, 11) is 0. The predicted molar refractivity (Wildman–Crippen MR) is 105 cm³/mol. The van der Waals surface area contributed by atoms with E-state index in [-0.39, 0.29) is 11.4 Å². The Balaban J connectivity index is 1.79. The van der Waals surface area contributed by atoms with Gasteiger partial charge >= 0.3 is 0 Å². The molecule has 134 valence electrons. The number of nitrogens with zero attached hydrogens (tertiary/aromatic N) is 2. The molecular formula is C21H17FN4O. The van der Waals surface area contributed by atoms with Crippen molar-refractivity contribution < 1.29 is 4.39 Å². The quantitative estimate of drug-likeness (QED) is 0.565. The largest absolute Gasteiger partial charge is 0.326 e. The molecule has 0 saturated heterocycles. The molecule has 0 spiro atoms. The van der Waals surface area contributed by atoms with E-state index in [1.54, 1.807) is 24.4 Å². The van der Waals surface area contributed by atoms with Gasteiger partial charge in [0.15, 0.2) is 5.65 Å². The summed E-state index contributed by atoms with van der Waals surface area (Å²) in [5.74, 6) is -0.0106. The van der Waals surface area contributed by atoms with Crippen LogP contribution in [0.3, 0.4) is 0 Å². The van der Waals surface area contributed by atoms with Crippen LogP contribution in [0, 0.1) is 19.7 Å². The molecule has 0 aliphatic rings. The van der Waals surface area contributed by atoms with Gasteiger partial charge in [0.2, 0.25) is 5.95 Å². The van der Waals surface area contributed by atoms with Crippen molar-refractivity contribution in [3.8, 4) is 11.1 Å². The zero-order valence-electron chi connectivity index (χ0n) is 14.9. The minimum atomic E-state index is -0.330. The van der Waals surface area contributed by atoms with E-state index in [1.165, 1.54) is 17.7 Å². The summed E-state index contributed by atoms with van der Waals surface area (Å²) >= 11 is 0. The van der Waals surface area contributed by atoms with Gasteiger partial charge in [-0.3, -0.25) is 9.78 Å². The van der Waals surface area contributed by atoms with Crippen molar-refractivity contribution in [2.45, 2.75) is 13.8 Å². The molecule has 0 aliphatic carbocycles. The molecule has 6 heteroatoms. The van der Waals surface area contributed by atoms with E-state index in [4.69, 9.17) is 0 Å². The molecule has 5 nitrogen and oxygen atoms in total. The van der Waals surface area contributed by atoms with Crippen LogP contribution < -0.4 is 10.9 Å². The summed E-state index contributed by atoms with van der Waals surface area (Å²) in [5.41, 5.74) is 4.56. The topological polar surface area (TPSA) is 70.7 Å². The highest BCUT2D eigenvalue weighted by Gasteiger charge is 2.12. The monoisotopic (exact) mass is 360 g/mol. The van der Waals surface area contributed by atoms with Gasteiger partial charge in [0.1, 0.15) is 5.82 Å². The summed E-state index contributed by atoms with van der Waals surface area (Å²) in [6.07, 6.45) is 1.59. The van der Waals surface area contributed by atoms with Crippen LogP contribution in [0.1, 0.15) is 11.1 Å². The van der Waals surface area contributed by atoms with E-state index in [0.717, 1.165) is 16.8 Å². The highest BCUT2D eigenvalue weighted by atomic mass is 19.1. The van der Waals surface area contributed by atoms with E-state index in [1.807, 2.05) is 32.0 Å². The molecule has 4 rings (SSSR count). The number of hydrogen-bond donors (Lipinski definition) is 2. The van der Waals surface area contributed by atoms with Crippen molar-refractivity contribution in [1.82, 2.24) is 15.0 Å². The Kier molecular flexibility index (Phi) is 4.16. The van der Waals surface area contributed by atoms with E-state index in [9.17, 15) is 9.18 Å². The van der Waals surface area contributed by atoms with Crippen LogP contribution in [0.2, 0.25) is 0 Å². The fraction of sp³-hybridized carbons (Fsp3) is 0.0952. The molecule has 0 saturated carbocycles. The third-order valence-corrected chi connectivity index (χ3v) is 4.53. The van der Waals surface area contributed by atoms with Gasteiger partial charge in [0, 0.05) is 11.9 Å². The molecular weight excluding hydrogens is 343 g/mol. The lowest BCUT2D eigenvalue weighted by molar-refractivity contribution is 0.628. The number of halogens is 1. The number of rotatable bonds is 3. The zero-order chi connectivity index (χ0) is 19.0. The molecule has 0 bridgehead atoms. The fourth-order valence-electron chi connectivity index (χ4n) is 2.95. The van der Waals surface area contributed by atoms with Crippen molar-refractivity contribution in [3.63, 3.8) is 0 Å². The van der Waals surface area contributed by atoms with Gasteiger partial charge < -0.3 is 5.32 Å². The first-order valence-corrected chi connectivity index (χ1v) is 8.50. The SMILES string of the molecule is Cc1ccc(Nc2nc3nccc(-c4ccc(F)cc4)c3c(=O)[nH]2)cc1C. The number of pyridine rings is 1. The van der Waals surface area contributed by atoms with Gasteiger partial charge in [-0.05, 0) is 66.4 Å². The first kappa shape index (κ1) is 16.9. The molecule has 2 aromatic carbocycles. The molecule has 2 heterocycles. The Morgan fingerprint density at radius 3 is 2.52 bits per heavy atom. The second kappa shape index (κ2) is 6.64. The Morgan fingerprint density at radius 2 is 1.78 bits per heavy atom. The van der Waals surface area contributed by atoms with Gasteiger partial charge in [-0.25, -0.2) is 9.37 Å². The molecule has 27 heavy (non-hydrogen) atoms. The number of aromatic amines is 1. The number of anilines is 2. The molecule has 0 fully saturated rings. The standard InChI is InChI=1S/C21H17FN4O/c1-12-3-8-16(11-13(12)2)24-21-25-19-18(20(27)26-21)17(9-10-23-19)14-4-6-15(22)7-5-14/h3-11H,1-2H3,(H2,23,24,25,26,27). The van der Waals surface area contributed by atoms with Crippen molar-refractivity contribution >= 4 is 22.7 Å². The summed E-state index contributed by atoms with van der Waals surface area (Å²) in [6, 6.07) is 13.6. The van der Waals surface area contributed by atoms with E-state index < -0.39 is 0 Å². The average molecular weight is 360 g/mol. The highest BCUT2D eigenvalue weighted by molar-refractivity contribution is 5.92. The molecule has 0 unspecified atom stereocenters. The lowest BCUT2D eigenvalue weighted by Crippen LogP contribution is -2.13. The zero-order valence-corrected chi connectivity index (χ0v) is 14.9. The van der Waals surface area contributed by atoms with Crippen molar-refractivity contribution in [1.29, 1.82) is 0 Å². The van der Waals surface area contributed by atoms with Crippen LogP contribution in [-0.4, -0.2) is 15.0 Å². The Bertz CT molecular complexity index is 1200. The summed E-state index contributed by atoms with van der Waals surface area (Å²) in [4.78, 5) is 24.2. The van der Waals surface area contributed by atoms with Gasteiger partial charge in [-0.15, -0.1) is 0 Å². The molecule has 0 amide bonds. The predicted octanol–water partition coefficient (Wildman–Crippen LogP) is 4.48. The highest BCUT2D eigenvalue weighted by Crippen LogP contribution is 2.25. The number of aryl methyl sites for hydroxylation is 2. The molecule has 0 aliphatic heterocycles. The fourth-order valence-corrected chi connectivity index (χ4v) is 2.95. The van der Waals surface area contributed by atoms with Crippen LogP contribution in [0.15, 0.2) is 59.5 Å². The summed E-state index contributed by atoms with van der Waals surface area (Å²) < 4.78 is 13.2. The first-order chi connectivity index (χ1) is 13.0. The number of fused-ring (bicyclic) bond motifs is 1. The van der Waals surface area contributed by atoms with Crippen molar-refractivity contribution in [3.05, 3.63) is 82.0 Å². The maximum atomic E-state index is 13.2. The second-order valence-electron chi connectivity index (χ2n) is 6.40. The number of H-pyrrole nitrogens is 1. The lowest BCUT2D eigenvalue weighted by Gasteiger charge is -2.10. The Labute approximate surface area is 154 Å². The molecule has 4 aromatic rings. The number of hydrogen-bond acceptors (Lipinski definition) is 4. The molecule has 2 aromatic heterocycles. The Morgan fingerprint density at radius 1 is 1.00 bits per heavy atom. The first-order valence-electron chi connectivity index (χ1n) is 8.50. The lowest BCUT2D eigenvalue weighted by atomic mass is 10.0. The van der Waals surface area contributed by atoms with E-state index in [2.05, 4.69) is 20.3 Å². The molecule has 2 N–H and O–H groups in total. The maximum absolute atomic E-state index is 13.2. The summed E-state index contributed by atoms with van der Waals surface area (Å²) in [6.45, 7) is 4.06. The third-order valence-electron chi connectivity index (χ3n) is 4.53. The second-order valence-corrected chi connectivity index (χ2v) is 6.40. The molecule has 0 radical (unpaired) electrons. The Hall–Kier alpha value is -3.54. The van der Waals surface area contributed by atoms with Gasteiger partial charge in [-0.1, -0.05) is 18.2 Å². The van der Waals surface area contributed by atoms with Crippen molar-refractivity contribution in [2.75, 3.05) is 5.32 Å². The van der Waals surface area contributed by atoms with Crippen LogP contribution in [0.5, 0.6) is 0 Å². The van der Waals surface area contributed by atoms with Gasteiger partial charge in [-0.2, -0.15) is 4.98 Å². The smallest absolute Gasteiger partial charge is 0.262 e. The molecule has 0 atom stereocenters. The van der Waals surface area contributed by atoms with E-state index in [0.29, 0.717) is 22.5 Å². The van der Waals surface area contributed by atoms with Crippen molar-refractivity contribution in [2.24, 2.45) is 0 Å². The number of benzene rings is 2. The summed E-state index contributed by atoms with van der Waals surface area (Å²) in [5, 5.41) is 3.49. The number of aromatic nitrogens is 3. The minimum absolute atomic E-state index is 0.307. The normalized spacial score (nSPS) is 10.9.